The van der Waals surface area contributed by atoms with Crippen LogP contribution in [0, 0.1) is 5.92 Å². The topological polar surface area (TPSA) is 71.1 Å². The van der Waals surface area contributed by atoms with Crippen LogP contribution in [0.5, 0.6) is 0 Å². The lowest BCUT2D eigenvalue weighted by molar-refractivity contribution is -0.117. The Labute approximate surface area is 135 Å². The largest absolute Gasteiger partial charge is 0.345 e. The van der Waals surface area contributed by atoms with Gasteiger partial charge in [-0.05, 0) is 49.6 Å². The van der Waals surface area contributed by atoms with Crippen LogP contribution in [-0.2, 0) is 4.79 Å². The lowest BCUT2D eigenvalue weighted by Gasteiger charge is -2.15. The number of aromatic nitrogens is 1. The van der Waals surface area contributed by atoms with Crippen LogP contribution in [0.15, 0.2) is 48.8 Å². The number of hydrogen-bond donors (Lipinski definition) is 2. The second kappa shape index (κ2) is 6.60. The third-order valence-corrected chi connectivity index (χ3v) is 3.90. The first-order valence-electron chi connectivity index (χ1n) is 7.75. The van der Waals surface area contributed by atoms with Gasteiger partial charge in [0.2, 0.25) is 5.91 Å². The Morgan fingerprint density at radius 2 is 1.91 bits per heavy atom. The maximum Gasteiger partial charge on any atom is 0.253 e. The molecule has 0 spiro atoms. The number of carbonyl (C=O) groups is 2. The number of hydrogen-bond acceptors (Lipinski definition) is 3. The number of amides is 2. The zero-order chi connectivity index (χ0) is 16.2. The Morgan fingerprint density at radius 3 is 2.52 bits per heavy atom. The normalized spacial score (nSPS) is 14.8. The van der Waals surface area contributed by atoms with E-state index in [0.717, 1.165) is 24.1 Å². The van der Waals surface area contributed by atoms with Crippen molar-refractivity contribution in [3.05, 3.63) is 59.9 Å². The molecule has 1 aromatic heterocycles. The van der Waals surface area contributed by atoms with Crippen LogP contribution in [0.2, 0.25) is 0 Å². The van der Waals surface area contributed by atoms with Crippen molar-refractivity contribution >= 4 is 17.5 Å². The third kappa shape index (κ3) is 3.94. The Bertz CT molecular complexity index is 694. The number of benzene rings is 1. The van der Waals surface area contributed by atoms with Crippen LogP contribution in [0.1, 0.15) is 41.7 Å². The van der Waals surface area contributed by atoms with Gasteiger partial charge in [0, 0.05) is 24.0 Å². The second-order valence-electron chi connectivity index (χ2n) is 5.82. The number of nitrogens with zero attached hydrogens (tertiary/aromatic N) is 1. The van der Waals surface area contributed by atoms with Gasteiger partial charge < -0.3 is 10.6 Å². The Hall–Kier alpha value is -2.69. The van der Waals surface area contributed by atoms with E-state index in [-0.39, 0.29) is 23.8 Å². The number of anilines is 1. The highest BCUT2D eigenvalue weighted by molar-refractivity contribution is 5.94. The average molecular weight is 309 g/mol. The van der Waals surface area contributed by atoms with Crippen LogP contribution in [0.4, 0.5) is 5.69 Å². The molecule has 0 aliphatic heterocycles. The highest BCUT2D eigenvalue weighted by atomic mass is 16.2. The molecule has 118 valence electrons. The molecule has 0 saturated heterocycles. The molecular formula is C18H19N3O2. The summed E-state index contributed by atoms with van der Waals surface area (Å²) in [5, 5.41) is 5.84. The van der Waals surface area contributed by atoms with Crippen molar-refractivity contribution in [2.24, 2.45) is 5.92 Å². The molecule has 0 unspecified atom stereocenters. The van der Waals surface area contributed by atoms with E-state index in [1.54, 1.807) is 24.5 Å². The average Bonchev–Trinajstić information content (AvgIpc) is 3.41. The standard InChI is InChI=1S/C18H19N3O2/c1-12(20-18(23)15-3-2-10-19-11-15)13-6-8-16(9-7-13)21-17(22)14-4-5-14/h2-3,6-12,14H,4-5H2,1H3,(H,20,23)(H,21,22)/t12-/m1/s1. The maximum absolute atomic E-state index is 12.1. The summed E-state index contributed by atoms with van der Waals surface area (Å²) < 4.78 is 0. The van der Waals surface area contributed by atoms with Gasteiger partial charge in [-0.25, -0.2) is 0 Å². The SMILES string of the molecule is C[C@@H](NC(=O)c1cccnc1)c1ccc(NC(=O)C2CC2)cc1. The lowest BCUT2D eigenvalue weighted by atomic mass is 10.1. The van der Waals surface area contributed by atoms with Gasteiger partial charge in [0.05, 0.1) is 11.6 Å². The molecule has 1 heterocycles. The summed E-state index contributed by atoms with van der Waals surface area (Å²) in [5.74, 6) is 0.125. The van der Waals surface area contributed by atoms with Crippen molar-refractivity contribution < 1.29 is 9.59 Å². The maximum atomic E-state index is 12.1. The number of nitrogens with one attached hydrogen (secondary N) is 2. The fourth-order valence-electron chi connectivity index (χ4n) is 2.31. The minimum Gasteiger partial charge on any atom is -0.345 e. The Morgan fingerprint density at radius 1 is 1.17 bits per heavy atom. The van der Waals surface area contributed by atoms with Crippen LogP contribution in [-0.4, -0.2) is 16.8 Å². The van der Waals surface area contributed by atoms with E-state index in [0.29, 0.717) is 5.56 Å². The molecule has 5 nitrogen and oxygen atoms in total. The fourth-order valence-corrected chi connectivity index (χ4v) is 2.31. The molecule has 23 heavy (non-hydrogen) atoms. The van der Waals surface area contributed by atoms with E-state index < -0.39 is 0 Å². The first-order chi connectivity index (χ1) is 11.1. The summed E-state index contributed by atoms with van der Waals surface area (Å²) in [5.41, 5.74) is 2.30. The molecule has 0 bridgehead atoms. The number of pyridine rings is 1. The summed E-state index contributed by atoms with van der Waals surface area (Å²) in [6, 6.07) is 10.9. The molecule has 2 amide bonds. The summed E-state index contributed by atoms with van der Waals surface area (Å²) in [4.78, 5) is 27.8. The van der Waals surface area contributed by atoms with Crippen molar-refractivity contribution in [3.63, 3.8) is 0 Å². The summed E-state index contributed by atoms with van der Waals surface area (Å²) in [6.07, 6.45) is 5.15. The quantitative estimate of drug-likeness (QED) is 0.892. The van der Waals surface area contributed by atoms with Gasteiger partial charge in [0.1, 0.15) is 0 Å². The predicted molar refractivity (Wildman–Crippen MR) is 87.9 cm³/mol. The van der Waals surface area contributed by atoms with Crippen LogP contribution < -0.4 is 10.6 Å². The van der Waals surface area contributed by atoms with Gasteiger partial charge >= 0.3 is 0 Å². The smallest absolute Gasteiger partial charge is 0.253 e. The first-order valence-corrected chi connectivity index (χ1v) is 7.75. The van der Waals surface area contributed by atoms with Gasteiger partial charge in [0.15, 0.2) is 0 Å². The zero-order valence-corrected chi connectivity index (χ0v) is 13.0. The molecule has 1 saturated carbocycles. The lowest BCUT2D eigenvalue weighted by Crippen LogP contribution is -2.26. The van der Waals surface area contributed by atoms with Crippen LogP contribution in [0.3, 0.4) is 0 Å². The molecule has 5 heteroatoms. The van der Waals surface area contributed by atoms with Gasteiger partial charge in [-0.2, -0.15) is 0 Å². The minimum atomic E-state index is -0.156. The minimum absolute atomic E-state index is 0.0932. The Balaban J connectivity index is 1.59. The molecule has 2 N–H and O–H groups in total. The van der Waals surface area contributed by atoms with E-state index in [4.69, 9.17) is 0 Å². The summed E-state index contributed by atoms with van der Waals surface area (Å²) in [7, 11) is 0. The summed E-state index contributed by atoms with van der Waals surface area (Å²) >= 11 is 0. The Kier molecular flexibility index (Phi) is 4.37. The molecule has 1 aliphatic rings. The molecule has 1 fully saturated rings. The van der Waals surface area contributed by atoms with E-state index in [2.05, 4.69) is 15.6 Å². The zero-order valence-electron chi connectivity index (χ0n) is 13.0. The van der Waals surface area contributed by atoms with Gasteiger partial charge in [-0.1, -0.05) is 12.1 Å². The van der Waals surface area contributed by atoms with Crippen molar-refractivity contribution in [2.45, 2.75) is 25.8 Å². The van der Waals surface area contributed by atoms with E-state index in [1.165, 1.54) is 0 Å². The molecule has 1 aromatic carbocycles. The van der Waals surface area contributed by atoms with Crippen molar-refractivity contribution in [3.8, 4) is 0 Å². The van der Waals surface area contributed by atoms with E-state index in [9.17, 15) is 9.59 Å². The molecule has 2 aromatic rings. The highest BCUT2D eigenvalue weighted by Gasteiger charge is 2.29. The third-order valence-electron chi connectivity index (χ3n) is 3.90. The molecule has 3 rings (SSSR count). The monoisotopic (exact) mass is 309 g/mol. The second-order valence-corrected chi connectivity index (χ2v) is 5.82. The predicted octanol–water partition coefficient (Wildman–Crippen LogP) is 2.92. The van der Waals surface area contributed by atoms with Crippen LogP contribution in [0.25, 0.3) is 0 Å². The van der Waals surface area contributed by atoms with Gasteiger partial charge in [-0.15, -0.1) is 0 Å². The summed E-state index contributed by atoms with van der Waals surface area (Å²) in [6.45, 7) is 1.92. The van der Waals surface area contributed by atoms with Crippen molar-refractivity contribution in [1.29, 1.82) is 0 Å². The van der Waals surface area contributed by atoms with Crippen molar-refractivity contribution in [1.82, 2.24) is 10.3 Å². The van der Waals surface area contributed by atoms with Gasteiger partial charge in [0.25, 0.3) is 5.91 Å². The van der Waals surface area contributed by atoms with Gasteiger partial charge in [-0.3, -0.25) is 14.6 Å². The van der Waals surface area contributed by atoms with Crippen LogP contribution >= 0.6 is 0 Å². The van der Waals surface area contributed by atoms with Crippen molar-refractivity contribution in [2.75, 3.05) is 5.32 Å². The van der Waals surface area contributed by atoms with E-state index in [1.807, 2.05) is 31.2 Å². The molecular weight excluding hydrogens is 290 g/mol. The highest BCUT2D eigenvalue weighted by Crippen LogP contribution is 2.30. The first kappa shape index (κ1) is 15.2. The molecule has 1 aliphatic carbocycles. The number of carbonyl (C=O) groups excluding carboxylic acids is 2. The van der Waals surface area contributed by atoms with E-state index >= 15 is 0 Å². The molecule has 0 radical (unpaired) electrons. The number of rotatable bonds is 5. The fraction of sp³-hybridized carbons (Fsp3) is 0.278. The molecule has 1 atom stereocenters.